The molecule has 1 aliphatic rings. The number of aryl methyl sites for hydroxylation is 3. The zero-order valence-electron chi connectivity index (χ0n) is 12.2. The van der Waals surface area contributed by atoms with E-state index in [1.54, 1.807) is 0 Å². The highest BCUT2D eigenvalue weighted by molar-refractivity contribution is 5.60. The van der Waals surface area contributed by atoms with Gasteiger partial charge >= 0.3 is 0 Å². The van der Waals surface area contributed by atoms with E-state index in [2.05, 4.69) is 21.5 Å². The average molecular weight is 272 g/mol. The first-order valence-corrected chi connectivity index (χ1v) is 7.17. The van der Waals surface area contributed by atoms with Crippen LogP contribution in [0.15, 0.2) is 10.6 Å². The molecule has 2 aromatic heterocycles. The molecule has 1 atom stereocenters. The highest BCUT2D eigenvalue weighted by Crippen LogP contribution is 2.27. The van der Waals surface area contributed by atoms with Crippen LogP contribution in [0.25, 0.3) is 11.4 Å². The maximum Gasteiger partial charge on any atom is 0.165 e. The summed E-state index contributed by atoms with van der Waals surface area (Å²) < 4.78 is 5.23. The Balaban J connectivity index is 2.02. The van der Waals surface area contributed by atoms with E-state index in [1.807, 2.05) is 20.8 Å². The standard InChI is InChI=1S/C15H20N4O/c1-9-8-13(12-6-4-5-7-16-12)18-15(17-9)14-10(2)19-20-11(14)3/h8,12,16H,4-7H2,1-3H3/t12-/m0/s1. The molecule has 2 aromatic rings. The summed E-state index contributed by atoms with van der Waals surface area (Å²) >= 11 is 0. The molecule has 20 heavy (non-hydrogen) atoms. The molecular weight excluding hydrogens is 252 g/mol. The molecule has 0 aromatic carbocycles. The van der Waals surface area contributed by atoms with Crippen LogP contribution in [0.4, 0.5) is 0 Å². The predicted octanol–water partition coefficient (Wildman–Crippen LogP) is 2.87. The summed E-state index contributed by atoms with van der Waals surface area (Å²) in [5, 5.41) is 7.53. The van der Waals surface area contributed by atoms with Gasteiger partial charge in [-0.15, -0.1) is 0 Å². The van der Waals surface area contributed by atoms with Gasteiger partial charge in [0.05, 0.1) is 17.0 Å². The molecule has 1 saturated heterocycles. The molecule has 5 heteroatoms. The lowest BCUT2D eigenvalue weighted by atomic mass is 10.0. The Morgan fingerprint density at radius 1 is 1.20 bits per heavy atom. The van der Waals surface area contributed by atoms with Crippen molar-refractivity contribution in [2.45, 2.75) is 46.1 Å². The lowest BCUT2D eigenvalue weighted by Gasteiger charge is -2.23. The molecule has 1 aliphatic heterocycles. The minimum Gasteiger partial charge on any atom is -0.361 e. The highest BCUT2D eigenvalue weighted by Gasteiger charge is 2.20. The van der Waals surface area contributed by atoms with Gasteiger partial charge in [0.1, 0.15) is 5.76 Å². The molecule has 0 aliphatic carbocycles. The number of piperidine rings is 1. The normalized spacial score (nSPS) is 19.2. The largest absolute Gasteiger partial charge is 0.361 e. The van der Waals surface area contributed by atoms with Gasteiger partial charge < -0.3 is 9.84 Å². The Labute approximate surface area is 118 Å². The summed E-state index contributed by atoms with van der Waals surface area (Å²) in [5.41, 5.74) is 3.82. The van der Waals surface area contributed by atoms with Crippen molar-refractivity contribution in [3.05, 3.63) is 28.9 Å². The molecule has 0 unspecified atom stereocenters. The van der Waals surface area contributed by atoms with Crippen LogP contribution in [-0.2, 0) is 0 Å². The van der Waals surface area contributed by atoms with E-state index in [0.29, 0.717) is 6.04 Å². The van der Waals surface area contributed by atoms with E-state index < -0.39 is 0 Å². The van der Waals surface area contributed by atoms with Crippen LogP contribution in [0.1, 0.15) is 48.1 Å². The minimum absolute atomic E-state index is 0.338. The molecule has 0 spiro atoms. The van der Waals surface area contributed by atoms with Gasteiger partial charge in [-0.3, -0.25) is 0 Å². The molecular formula is C15H20N4O. The Kier molecular flexibility index (Phi) is 3.53. The van der Waals surface area contributed by atoms with Gasteiger partial charge in [-0.25, -0.2) is 9.97 Å². The monoisotopic (exact) mass is 272 g/mol. The smallest absolute Gasteiger partial charge is 0.165 e. The van der Waals surface area contributed by atoms with Crippen LogP contribution in [0.3, 0.4) is 0 Å². The SMILES string of the molecule is Cc1cc([C@@H]2CCCCN2)nc(-c2c(C)noc2C)n1. The van der Waals surface area contributed by atoms with Gasteiger partial charge in [-0.1, -0.05) is 11.6 Å². The number of hydrogen-bond acceptors (Lipinski definition) is 5. The van der Waals surface area contributed by atoms with Crippen LogP contribution in [0, 0.1) is 20.8 Å². The van der Waals surface area contributed by atoms with Crippen LogP contribution in [0.2, 0.25) is 0 Å². The minimum atomic E-state index is 0.338. The second kappa shape index (κ2) is 5.32. The predicted molar refractivity (Wildman–Crippen MR) is 76.3 cm³/mol. The fraction of sp³-hybridized carbons (Fsp3) is 0.533. The van der Waals surface area contributed by atoms with Crippen molar-refractivity contribution in [3.63, 3.8) is 0 Å². The molecule has 0 amide bonds. The zero-order valence-corrected chi connectivity index (χ0v) is 12.2. The second-order valence-electron chi connectivity index (χ2n) is 5.46. The first-order chi connectivity index (χ1) is 9.65. The van der Waals surface area contributed by atoms with Gasteiger partial charge in [0.15, 0.2) is 5.82 Å². The molecule has 1 fully saturated rings. The Bertz CT molecular complexity index is 595. The number of nitrogens with one attached hydrogen (secondary N) is 1. The third-order valence-electron chi connectivity index (χ3n) is 3.80. The van der Waals surface area contributed by atoms with Gasteiger partial charge in [0, 0.05) is 11.7 Å². The average Bonchev–Trinajstić information content (AvgIpc) is 2.78. The fourth-order valence-electron chi connectivity index (χ4n) is 2.79. The third kappa shape index (κ3) is 2.45. The molecule has 0 saturated carbocycles. The first-order valence-electron chi connectivity index (χ1n) is 7.17. The molecule has 1 N–H and O–H groups in total. The molecule has 0 bridgehead atoms. The van der Waals surface area contributed by atoms with Gasteiger partial charge in [-0.05, 0) is 46.2 Å². The highest BCUT2D eigenvalue weighted by atomic mass is 16.5. The van der Waals surface area contributed by atoms with E-state index in [4.69, 9.17) is 9.51 Å². The summed E-state index contributed by atoms with van der Waals surface area (Å²) in [6, 6.07) is 2.41. The number of aromatic nitrogens is 3. The van der Waals surface area contributed by atoms with Crippen molar-refractivity contribution in [2.75, 3.05) is 6.54 Å². The Morgan fingerprint density at radius 3 is 2.70 bits per heavy atom. The fourth-order valence-corrected chi connectivity index (χ4v) is 2.79. The van der Waals surface area contributed by atoms with E-state index >= 15 is 0 Å². The zero-order chi connectivity index (χ0) is 14.1. The summed E-state index contributed by atoms with van der Waals surface area (Å²) in [4.78, 5) is 9.30. The maximum atomic E-state index is 5.23. The van der Waals surface area contributed by atoms with Crippen LogP contribution in [-0.4, -0.2) is 21.7 Å². The van der Waals surface area contributed by atoms with Crippen molar-refractivity contribution in [1.29, 1.82) is 0 Å². The van der Waals surface area contributed by atoms with Crippen LogP contribution in [0.5, 0.6) is 0 Å². The van der Waals surface area contributed by atoms with Crippen molar-refractivity contribution in [2.24, 2.45) is 0 Å². The summed E-state index contributed by atoms with van der Waals surface area (Å²) in [5.74, 6) is 1.50. The number of nitrogens with zero attached hydrogens (tertiary/aromatic N) is 3. The lowest BCUT2D eigenvalue weighted by Crippen LogP contribution is -2.27. The van der Waals surface area contributed by atoms with Crippen LogP contribution >= 0.6 is 0 Å². The molecule has 5 nitrogen and oxygen atoms in total. The summed E-state index contributed by atoms with van der Waals surface area (Å²) in [6.07, 6.45) is 3.64. The van der Waals surface area contributed by atoms with Gasteiger partial charge in [-0.2, -0.15) is 0 Å². The van der Waals surface area contributed by atoms with E-state index in [-0.39, 0.29) is 0 Å². The number of rotatable bonds is 2. The Hall–Kier alpha value is -1.75. The van der Waals surface area contributed by atoms with Gasteiger partial charge in [0.25, 0.3) is 0 Å². The maximum absolute atomic E-state index is 5.23. The summed E-state index contributed by atoms with van der Waals surface area (Å²) in [6.45, 7) is 6.90. The third-order valence-corrected chi connectivity index (χ3v) is 3.80. The van der Waals surface area contributed by atoms with Gasteiger partial charge in [0.2, 0.25) is 0 Å². The second-order valence-corrected chi connectivity index (χ2v) is 5.46. The van der Waals surface area contributed by atoms with Crippen molar-refractivity contribution < 1.29 is 4.52 Å². The van der Waals surface area contributed by atoms with Crippen molar-refractivity contribution in [3.8, 4) is 11.4 Å². The molecule has 3 heterocycles. The van der Waals surface area contributed by atoms with E-state index in [0.717, 1.165) is 47.2 Å². The van der Waals surface area contributed by atoms with Crippen molar-refractivity contribution in [1.82, 2.24) is 20.4 Å². The first kappa shape index (κ1) is 13.2. The van der Waals surface area contributed by atoms with Crippen LogP contribution < -0.4 is 5.32 Å². The topological polar surface area (TPSA) is 63.8 Å². The lowest BCUT2D eigenvalue weighted by molar-refractivity contribution is 0.393. The Morgan fingerprint density at radius 2 is 2.05 bits per heavy atom. The van der Waals surface area contributed by atoms with E-state index in [9.17, 15) is 0 Å². The molecule has 106 valence electrons. The summed E-state index contributed by atoms with van der Waals surface area (Å²) in [7, 11) is 0. The number of hydrogen-bond donors (Lipinski definition) is 1. The van der Waals surface area contributed by atoms with E-state index in [1.165, 1.54) is 12.8 Å². The quantitative estimate of drug-likeness (QED) is 0.910. The van der Waals surface area contributed by atoms with Crippen molar-refractivity contribution >= 4 is 0 Å². The molecule has 0 radical (unpaired) electrons. The molecule has 3 rings (SSSR count).